The van der Waals surface area contributed by atoms with E-state index in [0.717, 1.165) is 0 Å². The summed E-state index contributed by atoms with van der Waals surface area (Å²) >= 11 is 1.57. The standard InChI is InChI=1S/C6H4BF3INO2/c8-6(9,10)4-1-3(7(13)14)2-5(11)12-4/h1-2,13-14H. The number of nitrogens with zero attached hydrogens (tertiary/aromatic N) is 1. The monoisotopic (exact) mass is 317 g/mol. The van der Waals surface area contributed by atoms with Gasteiger partial charge in [0, 0.05) is 0 Å². The van der Waals surface area contributed by atoms with Crippen LogP contribution in [0.3, 0.4) is 0 Å². The number of rotatable bonds is 1. The van der Waals surface area contributed by atoms with Gasteiger partial charge in [0.05, 0.1) is 0 Å². The fourth-order valence-electron chi connectivity index (χ4n) is 0.811. The van der Waals surface area contributed by atoms with E-state index in [9.17, 15) is 13.2 Å². The molecule has 8 heteroatoms. The van der Waals surface area contributed by atoms with Gasteiger partial charge < -0.3 is 10.0 Å². The zero-order valence-electron chi connectivity index (χ0n) is 6.59. The van der Waals surface area contributed by atoms with Gasteiger partial charge in [0.15, 0.2) is 0 Å². The topological polar surface area (TPSA) is 53.4 Å². The van der Waals surface area contributed by atoms with Crippen molar-refractivity contribution in [2.45, 2.75) is 6.18 Å². The molecule has 0 saturated heterocycles. The molecule has 14 heavy (non-hydrogen) atoms. The Bertz CT molecular complexity index is 344. The smallest absolute Gasteiger partial charge is 0.423 e. The lowest BCUT2D eigenvalue weighted by atomic mass is 9.80. The van der Waals surface area contributed by atoms with Crippen LogP contribution in [0.1, 0.15) is 5.69 Å². The third-order valence-corrected chi connectivity index (χ3v) is 1.96. The third kappa shape index (κ3) is 2.82. The Morgan fingerprint density at radius 2 is 1.86 bits per heavy atom. The van der Waals surface area contributed by atoms with E-state index in [-0.39, 0.29) is 9.16 Å². The summed E-state index contributed by atoms with van der Waals surface area (Å²) in [5, 5.41) is 17.4. The van der Waals surface area contributed by atoms with Gasteiger partial charge in [0.2, 0.25) is 0 Å². The molecule has 76 valence electrons. The van der Waals surface area contributed by atoms with E-state index in [1.54, 1.807) is 22.6 Å². The quantitative estimate of drug-likeness (QED) is 0.447. The summed E-state index contributed by atoms with van der Waals surface area (Å²) in [6.45, 7) is 0. The molecule has 0 atom stereocenters. The molecule has 0 aliphatic carbocycles. The number of hydrogen-bond donors (Lipinski definition) is 2. The lowest BCUT2D eigenvalue weighted by Gasteiger charge is -2.08. The molecule has 1 rings (SSSR count). The first kappa shape index (κ1) is 11.7. The van der Waals surface area contributed by atoms with E-state index >= 15 is 0 Å². The Kier molecular flexibility index (Phi) is 3.38. The molecule has 0 fully saturated rings. The summed E-state index contributed by atoms with van der Waals surface area (Å²) in [7, 11) is -1.92. The molecule has 1 aromatic heterocycles. The van der Waals surface area contributed by atoms with E-state index in [0.29, 0.717) is 6.07 Å². The van der Waals surface area contributed by atoms with Gasteiger partial charge in [-0.3, -0.25) is 0 Å². The molecule has 2 N–H and O–H groups in total. The minimum Gasteiger partial charge on any atom is -0.423 e. The number of hydrogen-bond acceptors (Lipinski definition) is 3. The maximum Gasteiger partial charge on any atom is 0.488 e. The Morgan fingerprint density at radius 3 is 2.29 bits per heavy atom. The fourth-order valence-corrected chi connectivity index (χ4v) is 1.43. The Labute approximate surface area is 91.3 Å². The molecule has 0 amide bonds. The molecule has 1 heterocycles. The summed E-state index contributed by atoms with van der Waals surface area (Å²) in [4.78, 5) is 3.23. The average molecular weight is 317 g/mol. The number of halogens is 4. The first-order chi connectivity index (χ1) is 6.30. The van der Waals surface area contributed by atoms with Crippen molar-refractivity contribution in [3.63, 3.8) is 0 Å². The van der Waals surface area contributed by atoms with Crippen LogP contribution in [0.4, 0.5) is 13.2 Å². The second-order valence-electron chi connectivity index (χ2n) is 2.48. The van der Waals surface area contributed by atoms with Gasteiger partial charge in [-0.2, -0.15) is 13.2 Å². The van der Waals surface area contributed by atoms with E-state index < -0.39 is 19.0 Å². The van der Waals surface area contributed by atoms with Crippen molar-refractivity contribution >= 4 is 35.2 Å². The fraction of sp³-hybridized carbons (Fsp3) is 0.167. The molecule has 0 radical (unpaired) electrons. The average Bonchev–Trinajstić information content (AvgIpc) is 2.01. The largest absolute Gasteiger partial charge is 0.488 e. The van der Waals surface area contributed by atoms with Crippen LogP contribution in [0.15, 0.2) is 12.1 Å². The Morgan fingerprint density at radius 1 is 1.29 bits per heavy atom. The minimum absolute atomic E-state index is 0.0560. The Hall–Kier alpha value is -0.345. The third-order valence-electron chi connectivity index (χ3n) is 1.40. The molecule has 0 spiro atoms. The van der Waals surface area contributed by atoms with Crippen LogP contribution in [-0.4, -0.2) is 22.2 Å². The van der Waals surface area contributed by atoms with Crippen LogP contribution in [-0.2, 0) is 6.18 Å². The van der Waals surface area contributed by atoms with Gasteiger partial charge in [0.25, 0.3) is 0 Å². The first-order valence-electron chi connectivity index (χ1n) is 3.41. The Balaban J connectivity index is 3.21. The summed E-state index contributed by atoms with van der Waals surface area (Å²) in [6, 6.07) is 1.77. The van der Waals surface area contributed by atoms with Crippen molar-refractivity contribution in [2.75, 3.05) is 0 Å². The predicted molar refractivity (Wildman–Crippen MR) is 51.8 cm³/mol. The van der Waals surface area contributed by atoms with Gasteiger partial charge in [0.1, 0.15) is 9.39 Å². The summed E-state index contributed by atoms with van der Waals surface area (Å²) in [5.41, 5.74) is -1.36. The molecule has 0 aliphatic heterocycles. The van der Waals surface area contributed by atoms with Crippen LogP contribution in [0.25, 0.3) is 0 Å². The summed E-state index contributed by atoms with van der Waals surface area (Å²) in [6.07, 6.45) is -4.58. The highest BCUT2D eigenvalue weighted by Gasteiger charge is 2.33. The molecule has 0 unspecified atom stereocenters. The lowest BCUT2D eigenvalue weighted by molar-refractivity contribution is -0.141. The van der Waals surface area contributed by atoms with Crippen LogP contribution < -0.4 is 5.46 Å². The van der Waals surface area contributed by atoms with E-state index in [1.807, 2.05) is 0 Å². The highest BCUT2D eigenvalue weighted by atomic mass is 127. The predicted octanol–water partition coefficient (Wildman–Crippen LogP) is 0.385. The molecule has 3 nitrogen and oxygen atoms in total. The van der Waals surface area contributed by atoms with E-state index in [1.165, 1.54) is 6.07 Å². The van der Waals surface area contributed by atoms with Gasteiger partial charge in [-0.1, -0.05) is 0 Å². The highest BCUT2D eigenvalue weighted by molar-refractivity contribution is 14.1. The summed E-state index contributed by atoms with van der Waals surface area (Å²) < 4.78 is 36.6. The van der Waals surface area contributed by atoms with Gasteiger partial charge in [-0.15, -0.1) is 0 Å². The van der Waals surface area contributed by atoms with Gasteiger partial charge in [-0.05, 0) is 40.2 Å². The van der Waals surface area contributed by atoms with Crippen LogP contribution in [0.5, 0.6) is 0 Å². The number of aromatic nitrogens is 1. The van der Waals surface area contributed by atoms with Crippen molar-refractivity contribution in [1.29, 1.82) is 0 Å². The second-order valence-corrected chi connectivity index (χ2v) is 3.59. The lowest BCUT2D eigenvalue weighted by Crippen LogP contribution is -2.31. The molecule has 0 saturated carbocycles. The molecule has 0 aromatic carbocycles. The molecule has 0 bridgehead atoms. The summed E-state index contributed by atoms with van der Waals surface area (Å²) in [5.74, 6) is 0. The van der Waals surface area contributed by atoms with Crippen molar-refractivity contribution in [3.05, 3.63) is 21.5 Å². The number of pyridine rings is 1. The minimum atomic E-state index is -4.58. The molecular weight excluding hydrogens is 313 g/mol. The zero-order valence-corrected chi connectivity index (χ0v) is 8.74. The SMILES string of the molecule is OB(O)c1cc(I)nc(C(F)(F)F)c1. The molecule has 1 aromatic rings. The van der Waals surface area contributed by atoms with Crippen molar-refractivity contribution in [2.24, 2.45) is 0 Å². The second kappa shape index (κ2) is 4.03. The van der Waals surface area contributed by atoms with Crippen LogP contribution in [0, 0.1) is 3.70 Å². The van der Waals surface area contributed by atoms with Crippen molar-refractivity contribution < 1.29 is 23.2 Å². The molecular formula is C6H4BF3INO2. The maximum absolute atomic E-state index is 12.2. The maximum atomic E-state index is 12.2. The highest BCUT2D eigenvalue weighted by Crippen LogP contribution is 2.27. The van der Waals surface area contributed by atoms with E-state index in [2.05, 4.69) is 4.98 Å². The number of alkyl halides is 3. The van der Waals surface area contributed by atoms with Crippen LogP contribution >= 0.6 is 22.6 Å². The first-order valence-corrected chi connectivity index (χ1v) is 4.49. The van der Waals surface area contributed by atoms with Gasteiger partial charge in [-0.25, -0.2) is 4.98 Å². The molecule has 0 aliphatic rings. The normalized spacial score (nSPS) is 11.6. The van der Waals surface area contributed by atoms with Crippen molar-refractivity contribution in [1.82, 2.24) is 4.98 Å². The van der Waals surface area contributed by atoms with Gasteiger partial charge >= 0.3 is 13.3 Å². The van der Waals surface area contributed by atoms with Crippen molar-refractivity contribution in [3.8, 4) is 0 Å². The van der Waals surface area contributed by atoms with Crippen LogP contribution in [0.2, 0.25) is 0 Å². The van der Waals surface area contributed by atoms with E-state index in [4.69, 9.17) is 10.0 Å². The zero-order chi connectivity index (χ0) is 10.9.